The minimum absolute atomic E-state index is 0.162. The Labute approximate surface area is 174 Å². The predicted octanol–water partition coefficient (Wildman–Crippen LogP) is 4.40. The van der Waals surface area contributed by atoms with Crippen molar-refractivity contribution in [1.29, 1.82) is 0 Å². The second-order valence-electron chi connectivity index (χ2n) is 7.11. The van der Waals surface area contributed by atoms with Gasteiger partial charge in [-0.3, -0.25) is 9.59 Å². The normalized spacial score (nSPS) is 10.8. The summed E-state index contributed by atoms with van der Waals surface area (Å²) in [5.74, 6) is 0.0664. The molecule has 2 aromatic carbocycles. The molecule has 0 radical (unpaired) electrons. The number of rotatable bonds is 7. The van der Waals surface area contributed by atoms with E-state index in [0.29, 0.717) is 16.6 Å². The van der Waals surface area contributed by atoms with Gasteiger partial charge >= 0.3 is 0 Å². The maximum Gasteiger partial charge on any atom is 0.251 e. The Balaban J connectivity index is 1.49. The van der Waals surface area contributed by atoms with Crippen molar-refractivity contribution < 1.29 is 9.59 Å². The number of amides is 2. The molecule has 1 heterocycles. The summed E-state index contributed by atoms with van der Waals surface area (Å²) < 4.78 is 0. The highest BCUT2D eigenvalue weighted by atomic mass is 32.1. The van der Waals surface area contributed by atoms with E-state index < -0.39 is 0 Å². The lowest BCUT2D eigenvalue weighted by Gasteiger charge is -2.06. The van der Waals surface area contributed by atoms with Gasteiger partial charge in [0.25, 0.3) is 5.91 Å². The van der Waals surface area contributed by atoms with Gasteiger partial charge in [0.15, 0.2) is 0 Å². The molecule has 3 rings (SSSR count). The van der Waals surface area contributed by atoms with Crippen LogP contribution < -0.4 is 10.6 Å². The summed E-state index contributed by atoms with van der Waals surface area (Å²) in [5.41, 5.74) is 3.83. The van der Waals surface area contributed by atoms with E-state index in [1.165, 1.54) is 16.9 Å². The highest BCUT2D eigenvalue weighted by Gasteiger charge is 2.11. The average Bonchev–Trinajstić information content (AvgIpc) is 3.16. The van der Waals surface area contributed by atoms with Crippen LogP contribution in [0.1, 0.15) is 47.7 Å². The lowest BCUT2D eigenvalue weighted by atomic mass is 10.0. The van der Waals surface area contributed by atoms with Gasteiger partial charge in [0.1, 0.15) is 5.01 Å². The third-order valence-corrected chi connectivity index (χ3v) is 5.30. The molecule has 7 heteroatoms. The Hall–Kier alpha value is -3.06. The van der Waals surface area contributed by atoms with E-state index in [4.69, 9.17) is 0 Å². The van der Waals surface area contributed by atoms with Gasteiger partial charge in [-0.25, -0.2) is 0 Å². The number of nitrogens with zero attached hydrogens (tertiary/aromatic N) is 2. The molecule has 6 nitrogen and oxygen atoms in total. The SMILES string of the molecule is Cc1cccc(C(=O)NCCC(=O)Nc2nnc(-c3ccc(C(C)C)cc3)s2)c1. The van der Waals surface area contributed by atoms with Gasteiger partial charge in [-0.1, -0.05) is 67.1 Å². The summed E-state index contributed by atoms with van der Waals surface area (Å²) in [5, 5.41) is 14.9. The zero-order valence-corrected chi connectivity index (χ0v) is 17.5. The fraction of sp³-hybridized carbons (Fsp3) is 0.273. The van der Waals surface area contributed by atoms with Crippen molar-refractivity contribution in [3.05, 3.63) is 65.2 Å². The van der Waals surface area contributed by atoms with E-state index in [1.54, 1.807) is 6.07 Å². The standard InChI is InChI=1S/C22H24N4O2S/c1-14(2)16-7-9-17(10-8-16)21-25-26-22(29-21)24-19(27)11-12-23-20(28)18-6-4-5-15(3)13-18/h4-10,13-14H,11-12H2,1-3H3,(H,23,28)(H,24,26,27). The summed E-state index contributed by atoms with van der Waals surface area (Å²) in [7, 11) is 0. The summed E-state index contributed by atoms with van der Waals surface area (Å²) in [6.45, 7) is 6.48. The van der Waals surface area contributed by atoms with Crippen LogP contribution in [0, 0.1) is 6.92 Å². The van der Waals surface area contributed by atoms with Crippen LogP contribution in [0.3, 0.4) is 0 Å². The molecule has 150 valence electrons. The topological polar surface area (TPSA) is 84.0 Å². The Morgan fingerprint density at radius 3 is 2.52 bits per heavy atom. The fourth-order valence-corrected chi connectivity index (χ4v) is 3.53. The van der Waals surface area contributed by atoms with Gasteiger partial charge in [0.2, 0.25) is 11.0 Å². The van der Waals surface area contributed by atoms with Crippen LogP contribution in [0.15, 0.2) is 48.5 Å². The molecule has 0 atom stereocenters. The van der Waals surface area contributed by atoms with E-state index in [9.17, 15) is 9.59 Å². The van der Waals surface area contributed by atoms with Crippen molar-refractivity contribution in [2.45, 2.75) is 33.1 Å². The maximum atomic E-state index is 12.1. The van der Waals surface area contributed by atoms with E-state index in [-0.39, 0.29) is 24.8 Å². The van der Waals surface area contributed by atoms with Crippen LogP contribution in [-0.2, 0) is 4.79 Å². The second kappa shape index (κ2) is 9.43. The molecule has 3 aromatic rings. The molecule has 0 aliphatic rings. The van der Waals surface area contributed by atoms with Gasteiger partial charge < -0.3 is 10.6 Å². The van der Waals surface area contributed by atoms with Crippen molar-refractivity contribution in [3.8, 4) is 10.6 Å². The minimum Gasteiger partial charge on any atom is -0.352 e. The summed E-state index contributed by atoms with van der Waals surface area (Å²) >= 11 is 1.33. The van der Waals surface area contributed by atoms with Gasteiger partial charge in [0, 0.05) is 24.1 Å². The highest BCUT2D eigenvalue weighted by Crippen LogP contribution is 2.27. The monoisotopic (exact) mass is 408 g/mol. The summed E-state index contributed by atoms with van der Waals surface area (Å²) in [6.07, 6.45) is 0.162. The lowest BCUT2D eigenvalue weighted by Crippen LogP contribution is -2.27. The average molecular weight is 409 g/mol. The quantitative estimate of drug-likeness (QED) is 0.607. The van der Waals surface area contributed by atoms with Crippen molar-refractivity contribution in [2.75, 3.05) is 11.9 Å². The zero-order valence-electron chi connectivity index (χ0n) is 16.7. The van der Waals surface area contributed by atoms with Crippen molar-refractivity contribution in [2.24, 2.45) is 0 Å². The molecular formula is C22H24N4O2S. The smallest absolute Gasteiger partial charge is 0.251 e. The first kappa shape index (κ1) is 20.7. The highest BCUT2D eigenvalue weighted by molar-refractivity contribution is 7.18. The van der Waals surface area contributed by atoms with E-state index in [0.717, 1.165) is 16.1 Å². The molecule has 0 saturated carbocycles. The minimum atomic E-state index is -0.215. The summed E-state index contributed by atoms with van der Waals surface area (Å²) in [4.78, 5) is 24.2. The Morgan fingerprint density at radius 1 is 1.07 bits per heavy atom. The molecule has 0 aliphatic carbocycles. The van der Waals surface area contributed by atoms with Crippen molar-refractivity contribution in [1.82, 2.24) is 15.5 Å². The largest absolute Gasteiger partial charge is 0.352 e. The third kappa shape index (κ3) is 5.71. The number of nitrogens with one attached hydrogen (secondary N) is 2. The molecule has 0 unspecified atom stereocenters. The lowest BCUT2D eigenvalue weighted by molar-refractivity contribution is -0.116. The van der Waals surface area contributed by atoms with Crippen molar-refractivity contribution >= 4 is 28.3 Å². The van der Waals surface area contributed by atoms with E-state index in [1.807, 2.05) is 37.3 Å². The molecule has 1 aromatic heterocycles. The van der Waals surface area contributed by atoms with Gasteiger partial charge in [0.05, 0.1) is 0 Å². The predicted molar refractivity (Wildman–Crippen MR) is 116 cm³/mol. The van der Waals surface area contributed by atoms with E-state index >= 15 is 0 Å². The number of hydrogen-bond acceptors (Lipinski definition) is 5. The van der Waals surface area contributed by atoms with Crippen LogP contribution >= 0.6 is 11.3 Å². The number of hydrogen-bond donors (Lipinski definition) is 2. The van der Waals surface area contributed by atoms with Crippen LogP contribution in [0.4, 0.5) is 5.13 Å². The molecule has 0 aliphatic heterocycles. The molecule has 0 saturated heterocycles. The molecule has 29 heavy (non-hydrogen) atoms. The summed E-state index contributed by atoms with van der Waals surface area (Å²) in [6, 6.07) is 15.5. The van der Waals surface area contributed by atoms with Gasteiger partial charge in [-0.05, 0) is 30.5 Å². The van der Waals surface area contributed by atoms with Gasteiger partial charge in [-0.15, -0.1) is 10.2 Å². The molecule has 0 spiro atoms. The zero-order chi connectivity index (χ0) is 20.8. The number of benzene rings is 2. The van der Waals surface area contributed by atoms with Gasteiger partial charge in [-0.2, -0.15) is 0 Å². The molecule has 2 N–H and O–H groups in total. The van der Waals surface area contributed by atoms with E-state index in [2.05, 4.69) is 46.8 Å². The number of carbonyl (C=O) groups excluding carboxylic acids is 2. The van der Waals surface area contributed by atoms with Crippen LogP contribution in [0.2, 0.25) is 0 Å². The first-order valence-electron chi connectivity index (χ1n) is 9.51. The fourth-order valence-electron chi connectivity index (χ4n) is 2.76. The third-order valence-electron chi connectivity index (χ3n) is 4.41. The Morgan fingerprint density at radius 2 is 1.83 bits per heavy atom. The molecule has 0 fully saturated rings. The number of carbonyl (C=O) groups is 2. The van der Waals surface area contributed by atoms with Crippen molar-refractivity contribution in [3.63, 3.8) is 0 Å². The van der Waals surface area contributed by atoms with Crippen LogP contribution in [0.5, 0.6) is 0 Å². The Kier molecular flexibility index (Phi) is 6.72. The first-order chi connectivity index (χ1) is 13.9. The number of aryl methyl sites for hydroxylation is 1. The number of aromatic nitrogens is 2. The van der Waals surface area contributed by atoms with Crippen LogP contribution in [0.25, 0.3) is 10.6 Å². The first-order valence-corrected chi connectivity index (χ1v) is 10.3. The second-order valence-corrected chi connectivity index (χ2v) is 8.09. The molecular weight excluding hydrogens is 384 g/mol. The number of anilines is 1. The van der Waals surface area contributed by atoms with Crippen LogP contribution in [-0.4, -0.2) is 28.6 Å². The molecule has 0 bridgehead atoms. The molecule has 2 amide bonds. The maximum absolute atomic E-state index is 12.1. The Bertz CT molecular complexity index is 996.